The van der Waals surface area contributed by atoms with Crippen molar-refractivity contribution in [2.45, 2.75) is 132 Å². The smallest absolute Gasteiger partial charge is 0.164 e. The molecular formula is C76H104N10O3. The third-order valence-electron chi connectivity index (χ3n) is 19.3. The van der Waals surface area contributed by atoms with Gasteiger partial charge in [0.1, 0.15) is 0 Å². The minimum atomic E-state index is 0.142. The van der Waals surface area contributed by atoms with Crippen LogP contribution in [0.15, 0.2) is 152 Å². The Morgan fingerprint density at radius 3 is 1.02 bits per heavy atom. The Morgan fingerprint density at radius 1 is 0.382 bits per heavy atom. The first-order valence-corrected chi connectivity index (χ1v) is 33.7. The first kappa shape index (κ1) is 66.9. The fraction of sp³-hybridized carbons (Fsp3) is 0.487. The number of Topliss-reactive ketones (excluding diaryl/α,β-unsaturated/α-hetero) is 3. The zero-order valence-corrected chi connectivity index (χ0v) is 55.4. The van der Waals surface area contributed by atoms with E-state index in [1.807, 2.05) is 37.5 Å². The van der Waals surface area contributed by atoms with Crippen LogP contribution >= 0.6 is 0 Å². The molecule has 89 heavy (non-hydrogen) atoms. The highest BCUT2D eigenvalue weighted by Gasteiger charge is 2.25. The van der Waals surface area contributed by atoms with Crippen molar-refractivity contribution in [3.8, 4) is 0 Å². The summed E-state index contributed by atoms with van der Waals surface area (Å²) < 4.78 is 6.78. The molecule has 0 aliphatic carbocycles. The van der Waals surface area contributed by atoms with E-state index in [2.05, 4.69) is 211 Å². The van der Waals surface area contributed by atoms with Gasteiger partial charge in [-0.25, -0.2) is 0 Å². The Balaban J connectivity index is 0.000000159. The zero-order valence-electron chi connectivity index (χ0n) is 55.4. The standard InChI is InChI=1S/C26H33N3O.C25H40N4O.C25H31N3O/c1-3-26(30)24-20-29(25-13-8-7-12-23(24)25)15-9-14-27-16-18-28(19-17-27)21(2)22-10-5-4-6-11-22;1-20(2)29(21(3)4)18-17-27-15-13-26(14-16-27)11-8-12-28-19-24(22(5)30)23-9-6-7-10-25(23)28;1-20(22-9-4-3-5-10-22)27-17-15-26(16-18-27)13-8-14-28-19-24(21(2)29)23-11-6-7-12-25(23)28/h4-8,10-13,20-21H,3,9,14-19H2,1-2H3;6-7,9-10,19-21H,8,11-18H2,1-5H3;3-7,9-12,19-20H,8,13-18H2,1-2H3. The van der Waals surface area contributed by atoms with Gasteiger partial charge in [-0.3, -0.25) is 34.0 Å². The summed E-state index contributed by atoms with van der Waals surface area (Å²) in [6, 6.07) is 48.6. The summed E-state index contributed by atoms with van der Waals surface area (Å²) in [5.74, 6) is 0.520. The lowest BCUT2D eigenvalue weighted by Gasteiger charge is -2.38. The molecule has 11 rings (SSSR count). The molecule has 0 N–H and O–H groups in total. The number of aromatic nitrogens is 3. The number of para-hydroxylation sites is 3. The second-order valence-electron chi connectivity index (χ2n) is 25.7. The zero-order chi connectivity index (χ0) is 62.8. The maximum Gasteiger partial charge on any atom is 0.164 e. The van der Waals surface area contributed by atoms with Crippen molar-refractivity contribution in [2.24, 2.45) is 0 Å². The summed E-state index contributed by atoms with van der Waals surface area (Å²) in [4.78, 5) is 54.4. The van der Waals surface area contributed by atoms with Crippen LogP contribution in [-0.4, -0.2) is 189 Å². The molecular weight excluding hydrogens is 1100 g/mol. The van der Waals surface area contributed by atoms with E-state index in [1.165, 1.54) is 47.3 Å². The molecule has 476 valence electrons. The third-order valence-corrected chi connectivity index (χ3v) is 19.3. The lowest BCUT2D eigenvalue weighted by molar-refractivity contribution is 0.0985. The van der Waals surface area contributed by atoms with Gasteiger partial charge in [0.15, 0.2) is 17.3 Å². The molecule has 8 aromatic rings. The summed E-state index contributed by atoms with van der Waals surface area (Å²) in [5.41, 5.74) is 8.88. The van der Waals surface area contributed by atoms with Crippen molar-refractivity contribution >= 4 is 50.1 Å². The van der Waals surface area contributed by atoms with Crippen LogP contribution < -0.4 is 0 Å². The van der Waals surface area contributed by atoms with Gasteiger partial charge in [-0.15, -0.1) is 0 Å². The van der Waals surface area contributed by atoms with Gasteiger partial charge in [0.05, 0.1) is 0 Å². The first-order chi connectivity index (χ1) is 43.2. The highest BCUT2D eigenvalue weighted by molar-refractivity contribution is 6.09. The molecule has 13 heteroatoms. The van der Waals surface area contributed by atoms with Crippen molar-refractivity contribution in [1.82, 2.24) is 48.0 Å². The van der Waals surface area contributed by atoms with Crippen molar-refractivity contribution in [1.29, 1.82) is 0 Å². The predicted octanol–water partition coefficient (Wildman–Crippen LogP) is 13.6. The van der Waals surface area contributed by atoms with Gasteiger partial charge in [-0.1, -0.05) is 122 Å². The van der Waals surface area contributed by atoms with Gasteiger partial charge >= 0.3 is 0 Å². The Labute approximate surface area is 532 Å². The van der Waals surface area contributed by atoms with Crippen LogP contribution in [0.25, 0.3) is 32.7 Å². The number of hydrogen-bond acceptors (Lipinski definition) is 10. The summed E-state index contributed by atoms with van der Waals surface area (Å²) in [5, 5.41) is 3.24. The third kappa shape index (κ3) is 17.9. The topological polar surface area (TPSA) is 88.7 Å². The number of hydrogen-bond donors (Lipinski definition) is 0. The normalized spacial score (nSPS) is 16.7. The van der Waals surface area contributed by atoms with Crippen LogP contribution in [0.3, 0.4) is 0 Å². The highest BCUT2D eigenvalue weighted by atomic mass is 16.1. The summed E-state index contributed by atoms with van der Waals surface area (Å²) >= 11 is 0. The van der Waals surface area contributed by atoms with Crippen molar-refractivity contribution < 1.29 is 14.4 Å². The molecule has 0 saturated carbocycles. The Bertz CT molecular complexity index is 3460. The van der Waals surface area contributed by atoms with E-state index in [4.69, 9.17) is 0 Å². The molecule has 2 atom stereocenters. The molecule has 3 aromatic heterocycles. The quantitative estimate of drug-likeness (QED) is 0.0516. The fourth-order valence-corrected chi connectivity index (χ4v) is 13.9. The van der Waals surface area contributed by atoms with E-state index in [0.717, 1.165) is 163 Å². The minimum Gasteiger partial charge on any atom is -0.347 e. The molecule has 13 nitrogen and oxygen atoms in total. The lowest BCUT2D eigenvalue weighted by atomic mass is 10.1. The number of piperazine rings is 3. The average molecular weight is 1210 g/mol. The van der Waals surface area contributed by atoms with Crippen LogP contribution in [0.2, 0.25) is 0 Å². The van der Waals surface area contributed by atoms with Crippen LogP contribution in [0.5, 0.6) is 0 Å². The minimum absolute atomic E-state index is 0.142. The van der Waals surface area contributed by atoms with E-state index < -0.39 is 0 Å². The first-order valence-electron chi connectivity index (χ1n) is 33.7. The van der Waals surface area contributed by atoms with E-state index in [0.29, 0.717) is 30.6 Å². The van der Waals surface area contributed by atoms with Gasteiger partial charge in [-0.05, 0) is 124 Å². The Kier molecular flexibility index (Phi) is 24.8. The summed E-state index contributed by atoms with van der Waals surface area (Å²) in [6.45, 7) is 41.3. The van der Waals surface area contributed by atoms with Gasteiger partial charge in [-0.2, -0.15) is 0 Å². The van der Waals surface area contributed by atoms with Crippen molar-refractivity contribution in [2.75, 3.05) is 111 Å². The number of carbonyl (C=O) groups is 3. The maximum absolute atomic E-state index is 12.3. The number of carbonyl (C=O) groups excluding carboxylic acids is 3. The van der Waals surface area contributed by atoms with Crippen molar-refractivity contribution in [3.05, 3.63) is 180 Å². The van der Waals surface area contributed by atoms with E-state index in [9.17, 15) is 14.4 Å². The van der Waals surface area contributed by atoms with Crippen LogP contribution in [0.1, 0.15) is 142 Å². The number of benzene rings is 5. The highest BCUT2D eigenvalue weighted by Crippen LogP contribution is 2.27. The molecule has 3 fully saturated rings. The van der Waals surface area contributed by atoms with Crippen LogP contribution in [0.4, 0.5) is 0 Å². The van der Waals surface area contributed by atoms with Crippen LogP contribution in [-0.2, 0) is 19.6 Å². The van der Waals surface area contributed by atoms with E-state index >= 15 is 0 Å². The molecule has 2 unspecified atom stereocenters. The fourth-order valence-electron chi connectivity index (χ4n) is 13.9. The van der Waals surface area contributed by atoms with Gasteiger partial charge < -0.3 is 28.4 Å². The van der Waals surface area contributed by atoms with Gasteiger partial charge in [0, 0.05) is 210 Å². The molecule has 0 bridgehead atoms. The molecule has 5 aromatic carbocycles. The Morgan fingerprint density at radius 2 is 0.685 bits per heavy atom. The molecule has 3 saturated heterocycles. The Hall–Kier alpha value is -6.55. The number of fused-ring (bicyclic) bond motifs is 3. The second kappa shape index (κ2) is 33.0. The maximum atomic E-state index is 12.3. The molecule has 0 radical (unpaired) electrons. The molecule has 6 heterocycles. The van der Waals surface area contributed by atoms with Gasteiger partial charge in [0.2, 0.25) is 0 Å². The summed E-state index contributed by atoms with van der Waals surface area (Å²) in [7, 11) is 0. The van der Waals surface area contributed by atoms with Crippen LogP contribution in [0, 0.1) is 0 Å². The monoisotopic (exact) mass is 1200 g/mol. The molecule has 3 aliphatic rings. The number of aryl methyl sites for hydroxylation is 3. The largest absolute Gasteiger partial charge is 0.347 e. The predicted molar refractivity (Wildman–Crippen MR) is 370 cm³/mol. The van der Waals surface area contributed by atoms with E-state index in [1.54, 1.807) is 13.8 Å². The SMILES string of the molecule is CC(=O)c1cn(CCCN2CCN(C(C)c3ccccc3)CC2)c2ccccc12.CC(=O)c1cn(CCCN2CCN(CCN(C(C)C)C(C)C)CC2)c2ccccc12.CCC(=O)c1cn(CCCN2CCN(C(C)c3ccccc3)CC2)c2ccccc12. The number of rotatable bonds is 25. The van der Waals surface area contributed by atoms with Crippen molar-refractivity contribution in [3.63, 3.8) is 0 Å². The van der Waals surface area contributed by atoms with Gasteiger partial charge in [0.25, 0.3) is 0 Å². The average Bonchev–Trinajstić information content (AvgIpc) is 2.04. The molecule has 0 spiro atoms. The number of nitrogens with zero attached hydrogens (tertiary/aromatic N) is 10. The second-order valence-corrected chi connectivity index (χ2v) is 25.7. The number of ketones is 3. The summed E-state index contributed by atoms with van der Waals surface area (Å²) in [6.07, 6.45) is 10.0. The van der Waals surface area contributed by atoms with E-state index in [-0.39, 0.29) is 17.3 Å². The molecule has 3 aliphatic heterocycles. The molecule has 0 amide bonds. The lowest BCUT2D eigenvalue weighted by Crippen LogP contribution is -2.50.